The Morgan fingerprint density at radius 3 is 2.65 bits per heavy atom. The van der Waals surface area contributed by atoms with Crippen molar-refractivity contribution in [3.63, 3.8) is 0 Å². The van der Waals surface area contributed by atoms with Crippen LogP contribution in [-0.2, 0) is 17.9 Å². The first-order chi connectivity index (χ1) is 9.61. The average Bonchev–Trinajstić information content (AvgIpc) is 2.82. The van der Waals surface area contributed by atoms with Gasteiger partial charge in [-0.2, -0.15) is 0 Å². The van der Waals surface area contributed by atoms with Crippen molar-refractivity contribution in [2.24, 2.45) is 5.73 Å². The minimum atomic E-state index is -1.25. The molecule has 0 aromatic carbocycles. The molecule has 2 heterocycles. The van der Waals surface area contributed by atoms with Crippen LogP contribution in [0.25, 0.3) is 0 Å². The Morgan fingerprint density at radius 1 is 1.35 bits per heavy atom. The number of nitrogens with two attached hydrogens (primary N) is 1. The Bertz CT molecular complexity index is 625. The molecule has 0 aliphatic carbocycles. The molecule has 4 N–H and O–H groups in total. The van der Waals surface area contributed by atoms with E-state index in [1.54, 1.807) is 6.07 Å². The SMILES string of the molecule is NCc1c(C(=O)O)nnn1CC(=O)Nc1ncccn1. The molecule has 0 saturated heterocycles. The summed E-state index contributed by atoms with van der Waals surface area (Å²) in [5.74, 6) is -1.57. The van der Waals surface area contributed by atoms with Crippen molar-refractivity contribution in [3.8, 4) is 0 Å². The second-order valence-electron chi connectivity index (χ2n) is 3.67. The first kappa shape index (κ1) is 13.5. The van der Waals surface area contributed by atoms with Gasteiger partial charge in [0.15, 0.2) is 5.69 Å². The Hall–Kier alpha value is -2.88. The molecule has 0 radical (unpaired) electrons. The van der Waals surface area contributed by atoms with Crippen molar-refractivity contribution >= 4 is 17.8 Å². The van der Waals surface area contributed by atoms with Gasteiger partial charge >= 0.3 is 5.97 Å². The first-order valence-corrected chi connectivity index (χ1v) is 5.54. The van der Waals surface area contributed by atoms with Crippen molar-refractivity contribution in [2.45, 2.75) is 13.1 Å². The van der Waals surface area contributed by atoms with Crippen molar-refractivity contribution in [1.82, 2.24) is 25.0 Å². The third-order valence-corrected chi connectivity index (χ3v) is 2.34. The van der Waals surface area contributed by atoms with E-state index in [1.165, 1.54) is 12.4 Å². The molecule has 20 heavy (non-hydrogen) atoms. The Kier molecular flexibility index (Phi) is 3.96. The van der Waals surface area contributed by atoms with Gasteiger partial charge in [0.05, 0.1) is 5.69 Å². The number of hydrogen-bond acceptors (Lipinski definition) is 7. The zero-order valence-electron chi connectivity index (χ0n) is 10.2. The standard InChI is InChI=1S/C10H11N7O3/c11-4-6-8(9(19)20)15-16-17(6)5-7(18)14-10-12-2-1-3-13-10/h1-3H,4-5,11H2,(H,19,20)(H,12,13,14,18). The maximum absolute atomic E-state index is 11.8. The highest BCUT2D eigenvalue weighted by atomic mass is 16.4. The number of nitrogens with one attached hydrogen (secondary N) is 1. The maximum Gasteiger partial charge on any atom is 0.358 e. The van der Waals surface area contributed by atoms with Gasteiger partial charge in [0.2, 0.25) is 11.9 Å². The van der Waals surface area contributed by atoms with Gasteiger partial charge in [0.25, 0.3) is 0 Å². The van der Waals surface area contributed by atoms with Crippen LogP contribution < -0.4 is 11.1 Å². The smallest absolute Gasteiger partial charge is 0.358 e. The van der Waals surface area contributed by atoms with E-state index < -0.39 is 11.9 Å². The van der Waals surface area contributed by atoms with Crippen molar-refractivity contribution in [1.29, 1.82) is 0 Å². The summed E-state index contributed by atoms with van der Waals surface area (Å²) in [6, 6.07) is 1.61. The zero-order chi connectivity index (χ0) is 14.5. The van der Waals surface area contributed by atoms with E-state index >= 15 is 0 Å². The minimum Gasteiger partial charge on any atom is -0.476 e. The first-order valence-electron chi connectivity index (χ1n) is 5.54. The maximum atomic E-state index is 11.8. The highest BCUT2D eigenvalue weighted by Crippen LogP contribution is 2.05. The quantitative estimate of drug-likeness (QED) is 0.621. The highest BCUT2D eigenvalue weighted by molar-refractivity contribution is 5.89. The lowest BCUT2D eigenvalue weighted by Gasteiger charge is -2.05. The van der Waals surface area contributed by atoms with Crippen LogP contribution in [0.3, 0.4) is 0 Å². The summed E-state index contributed by atoms with van der Waals surface area (Å²) < 4.78 is 1.13. The summed E-state index contributed by atoms with van der Waals surface area (Å²) in [4.78, 5) is 30.3. The van der Waals surface area contributed by atoms with Gasteiger partial charge in [-0.25, -0.2) is 19.4 Å². The van der Waals surface area contributed by atoms with E-state index in [9.17, 15) is 9.59 Å². The van der Waals surface area contributed by atoms with Gasteiger partial charge in [-0.3, -0.25) is 10.1 Å². The van der Waals surface area contributed by atoms with E-state index in [1.807, 2.05) is 0 Å². The van der Waals surface area contributed by atoms with Gasteiger partial charge in [0.1, 0.15) is 6.54 Å². The summed E-state index contributed by atoms with van der Waals surface area (Å²) in [6.45, 7) is -0.325. The van der Waals surface area contributed by atoms with Crippen LogP contribution in [0, 0.1) is 0 Å². The van der Waals surface area contributed by atoms with E-state index in [0.717, 1.165) is 4.68 Å². The minimum absolute atomic E-state index is 0.0935. The second kappa shape index (κ2) is 5.84. The van der Waals surface area contributed by atoms with E-state index in [-0.39, 0.29) is 30.4 Å². The second-order valence-corrected chi connectivity index (χ2v) is 3.67. The Morgan fingerprint density at radius 2 is 2.05 bits per heavy atom. The molecule has 10 nitrogen and oxygen atoms in total. The van der Waals surface area contributed by atoms with Gasteiger partial charge < -0.3 is 10.8 Å². The molecule has 10 heteroatoms. The molecule has 0 fully saturated rings. The van der Waals surface area contributed by atoms with Crippen LogP contribution in [0.15, 0.2) is 18.5 Å². The van der Waals surface area contributed by atoms with Crippen molar-refractivity contribution in [3.05, 3.63) is 29.8 Å². The van der Waals surface area contributed by atoms with Crippen LogP contribution >= 0.6 is 0 Å². The third-order valence-electron chi connectivity index (χ3n) is 2.34. The molecule has 0 aliphatic heterocycles. The topological polar surface area (TPSA) is 149 Å². The van der Waals surface area contributed by atoms with E-state index in [4.69, 9.17) is 10.8 Å². The molecule has 0 spiro atoms. The van der Waals surface area contributed by atoms with Gasteiger partial charge in [-0.15, -0.1) is 5.10 Å². The zero-order valence-corrected chi connectivity index (χ0v) is 10.2. The summed E-state index contributed by atoms with van der Waals surface area (Å²) in [6.07, 6.45) is 2.96. The fraction of sp³-hybridized carbons (Fsp3) is 0.200. The average molecular weight is 277 g/mol. The molecule has 2 aromatic heterocycles. The van der Waals surface area contributed by atoms with E-state index in [0.29, 0.717) is 0 Å². The molecule has 2 aromatic rings. The van der Waals surface area contributed by atoms with Crippen LogP contribution in [0.4, 0.5) is 5.95 Å². The molecule has 1 amide bonds. The van der Waals surface area contributed by atoms with Crippen molar-refractivity contribution in [2.75, 3.05) is 5.32 Å². The molecule has 0 saturated carbocycles. The largest absolute Gasteiger partial charge is 0.476 e. The fourth-order valence-electron chi connectivity index (χ4n) is 1.49. The number of carboxylic acids is 1. The number of amides is 1. The lowest BCUT2D eigenvalue weighted by Crippen LogP contribution is -2.23. The summed E-state index contributed by atoms with van der Waals surface area (Å²) >= 11 is 0. The van der Waals surface area contributed by atoms with Crippen LogP contribution in [-0.4, -0.2) is 41.9 Å². The highest BCUT2D eigenvalue weighted by Gasteiger charge is 2.19. The number of aromatic carboxylic acids is 1. The molecule has 0 atom stereocenters. The molecule has 104 valence electrons. The number of rotatable bonds is 5. The van der Waals surface area contributed by atoms with Crippen LogP contribution in [0.5, 0.6) is 0 Å². The normalized spacial score (nSPS) is 10.2. The number of carboxylic acid groups (broad SMARTS) is 1. The number of anilines is 1. The lowest BCUT2D eigenvalue weighted by molar-refractivity contribution is -0.117. The Balaban J connectivity index is 2.10. The third kappa shape index (κ3) is 2.92. The number of carbonyl (C=O) groups excluding carboxylic acids is 1. The van der Waals surface area contributed by atoms with Gasteiger partial charge in [-0.05, 0) is 6.07 Å². The molecule has 0 aliphatic rings. The monoisotopic (exact) mass is 277 g/mol. The summed E-state index contributed by atoms with van der Waals surface area (Å²) in [5, 5.41) is 18.4. The summed E-state index contributed by atoms with van der Waals surface area (Å²) in [7, 11) is 0. The van der Waals surface area contributed by atoms with Crippen LogP contribution in [0.1, 0.15) is 16.2 Å². The molecule has 0 bridgehead atoms. The lowest BCUT2D eigenvalue weighted by atomic mass is 10.3. The Labute approximate surface area is 112 Å². The molecular formula is C10H11N7O3. The number of hydrogen-bond donors (Lipinski definition) is 3. The molecule has 0 unspecified atom stereocenters. The summed E-state index contributed by atoms with van der Waals surface area (Å²) in [5.41, 5.74) is 5.34. The molecular weight excluding hydrogens is 266 g/mol. The molecule has 2 rings (SSSR count). The predicted molar refractivity (Wildman–Crippen MR) is 65.5 cm³/mol. The fourth-order valence-corrected chi connectivity index (χ4v) is 1.49. The number of nitrogens with zero attached hydrogens (tertiary/aromatic N) is 5. The van der Waals surface area contributed by atoms with Crippen molar-refractivity contribution < 1.29 is 14.7 Å². The van der Waals surface area contributed by atoms with Gasteiger partial charge in [0, 0.05) is 18.9 Å². The van der Waals surface area contributed by atoms with Crippen LogP contribution in [0.2, 0.25) is 0 Å². The predicted octanol–water partition coefficient (Wildman–Crippen LogP) is -1.14. The van der Waals surface area contributed by atoms with Gasteiger partial charge in [-0.1, -0.05) is 5.21 Å². The number of carbonyl (C=O) groups is 2. The van der Waals surface area contributed by atoms with E-state index in [2.05, 4.69) is 25.6 Å². The number of aromatic nitrogens is 5.